The Morgan fingerprint density at radius 3 is 2.70 bits per heavy atom. The van der Waals surface area contributed by atoms with Crippen LogP contribution >= 0.6 is 11.3 Å². The average Bonchev–Trinajstić information content (AvgIpc) is 2.80. The van der Waals surface area contributed by atoms with Crippen molar-refractivity contribution < 1.29 is 4.79 Å². The van der Waals surface area contributed by atoms with E-state index in [0.29, 0.717) is 10.9 Å². The number of hydrazine groups is 1. The molecule has 0 aromatic carbocycles. The van der Waals surface area contributed by atoms with Gasteiger partial charge in [0.2, 0.25) is 0 Å². The van der Waals surface area contributed by atoms with Gasteiger partial charge in [0.1, 0.15) is 0 Å². The molecule has 0 radical (unpaired) electrons. The number of nitrogen functional groups attached to an aromatic ring is 1. The molecule has 0 atom stereocenters. The molecule has 0 spiro atoms. The summed E-state index contributed by atoms with van der Waals surface area (Å²) in [6.45, 7) is 5.33. The third-order valence-corrected chi connectivity index (χ3v) is 5.50. The van der Waals surface area contributed by atoms with Crippen LogP contribution in [0.15, 0.2) is 6.07 Å². The Bertz CT molecular complexity index is 464. The predicted octanol–water partition coefficient (Wildman–Crippen LogP) is 2.67. The maximum Gasteiger partial charge on any atom is 0.275 e. The molecule has 1 aliphatic carbocycles. The van der Waals surface area contributed by atoms with E-state index in [4.69, 9.17) is 5.84 Å². The minimum absolute atomic E-state index is 0.196. The van der Waals surface area contributed by atoms with Gasteiger partial charge in [0, 0.05) is 17.5 Å². The van der Waals surface area contributed by atoms with Crippen LogP contribution in [0, 0.1) is 12.8 Å². The Labute approximate surface area is 125 Å². The zero-order valence-corrected chi connectivity index (χ0v) is 13.4. The molecule has 1 fully saturated rings. The molecule has 0 bridgehead atoms. The Morgan fingerprint density at radius 1 is 1.45 bits per heavy atom. The molecule has 112 valence electrons. The van der Waals surface area contributed by atoms with Gasteiger partial charge in [-0.15, -0.1) is 11.3 Å². The van der Waals surface area contributed by atoms with E-state index >= 15 is 0 Å². The second-order valence-electron chi connectivity index (χ2n) is 5.99. The molecule has 1 saturated carbocycles. The Balaban J connectivity index is 1.99. The lowest BCUT2D eigenvalue weighted by Crippen LogP contribution is -2.34. The molecule has 5 heteroatoms. The minimum atomic E-state index is -0.196. The molecule has 0 unspecified atom stereocenters. The lowest BCUT2D eigenvalue weighted by molar-refractivity contribution is 0.0957. The van der Waals surface area contributed by atoms with Crippen molar-refractivity contribution in [2.75, 3.05) is 7.05 Å². The Kier molecular flexibility index (Phi) is 5.18. The molecule has 1 aromatic rings. The topological polar surface area (TPSA) is 58.4 Å². The quantitative estimate of drug-likeness (QED) is 0.510. The van der Waals surface area contributed by atoms with Gasteiger partial charge < -0.3 is 0 Å². The summed E-state index contributed by atoms with van der Waals surface area (Å²) in [6, 6.07) is 2.65. The van der Waals surface area contributed by atoms with E-state index in [1.54, 1.807) is 0 Å². The van der Waals surface area contributed by atoms with Gasteiger partial charge in [-0.3, -0.25) is 15.1 Å². The number of thiophene rings is 1. The van der Waals surface area contributed by atoms with Crippen molar-refractivity contribution in [3.63, 3.8) is 0 Å². The van der Waals surface area contributed by atoms with Crippen molar-refractivity contribution in [2.24, 2.45) is 11.8 Å². The Morgan fingerprint density at radius 2 is 2.10 bits per heavy atom. The van der Waals surface area contributed by atoms with E-state index in [2.05, 4.69) is 31.2 Å². The highest BCUT2D eigenvalue weighted by atomic mass is 32.1. The van der Waals surface area contributed by atoms with E-state index in [-0.39, 0.29) is 5.91 Å². The number of hydrogen-bond acceptors (Lipinski definition) is 4. The molecular formula is C15H25N3OS. The fraction of sp³-hybridized carbons (Fsp3) is 0.667. The minimum Gasteiger partial charge on any atom is -0.299 e. The van der Waals surface area contributed by atoms with Crippen molar-refractivity contribution in [3.05, 3.63) is 21.4 Å². The van der Waals surface area contributed by atoms with Gasteiger partial charge in [-0.1, -0.05) is 6.92 Å². The number of rotatable bonds is 4. The van der Waals surface area contributed by atoms with E-state index in [9.17, 15) is 4.79 Å². The van der Waals surface area contributed by atoms with Crippen LogP contribution in [0.5, 0.6) is 0 Å². The number of hydrogen-bond donors (Lipinski definition) is 2. The van der Waals surface area contributed by atoms with Crippen LogP contribution in [0.25, 0.3) is 0 Å². The first-order chi connectivity index (χ1) is 9.51. The first kappa shape index (κ1) is 15.5. The van der Waals surface area contributed by atoms with Crippen molar-refractivity contribution in [1.82, 2.24) is 10.3 Å². The molecule has 1 amide bonds. The second kappa shape index (κ2) is 6.70. The van der Waals surface area contributed by atoms with Crippen LogP contribution in [-0.4, -0.2) is 23.9 Å². The lowest BCUT2D eigenvalue weighted by Gasteiger charge is -2.33. The van der Waals surface area contributed by atoms with Gasteiger partial charge in [-0.25, -0.2) is 5.84 Å². The van der Waals surface area contributed by atoms with Gasteiger partial charge in [-0.2, -0.15) is 0 Å². The zero-order valence-electron chi connectivity index (χ0n) is 12.6. The average molecular weight is 295 g/mol. The van der Waals surface area contributed by atoms with Gasteiger partial charge in [0.25, 0.3) is 5.91 Å². The standard InChI is InChI=1S/C15H25N3OS/c1-10-4-6-13(7-5-10)18(3)9-12-8-14(15(19)17-16)20-11(12)2/h8,10,13H,4-7,9,16H2,1-3H3,(H,17,19). The summed E-state index contributed by atoms with van der Waals surface area (Å²) >= 11 is 1.52. The summed E-state index contributed by atoms with van der Waals surface area (Å²) in [5.41, 5.74) is 3.45. The van der Waals surface area contributed by atoms with Gasteiger partial charge in [-0.05, 0) is 57.2 Å². The molecule has 1 aliphatic rings. The maximum atomic E-state index is 11.6. The normalized spacial score (nSPS) is 23.1. The summed E-state index contributed by atoms with van der Waals surface area (Å²) < 4.78 is 0. The molecule has 20 heavy (non-hydrogen) atoms. The number of nitrogens with one attached hydrogen (secondary N) is 1. The highest BCUT2D eigenvalue weighted by Crippen LogP contribution is 2.29. The van der Waals surface area contributed by atoms with Crippen LogP contribution in [-0.2, 0) is 6.54 Å². The van der Waals surface area contributed by atoms with Crippen molar-refractivity contribution >= 4 is 17.2 Å². The van der Waals surface area contributed by atoms with E-state index in [1.165, 1.54) is 47.5 Å². The first-order valence-electron chi connectivity index (χ1n) is 7.31. The van der Waals surface area contributed by atoms with Crippen LogP contribution in [0.3, 0.4) is 0 Å². The molecule has 2 rings (SSSR count). The summed E-state index contributed by atoms with van der Waals surface area (Å²) in [5.74, 6) is 5.87. The fourth-order valence-electron chi connectivity index (χ4n) is 2.94. The molecule has 1 aromatic heterocycles. The Hall–Kier alpha value is -0.910. The summed E-state index contributed by atoms with van der Waals surface area (Å²) in [5, 5.41) is 0. The largest absolute Gasteiger partial charge is 0.299 e. The monoisotopic (exact) mass is 295 g/mol. The fourth-order valence-corrected chi connectivity index (χ4v) is 3.88. The third-order valence-electron chi connectivity index (χ3n) is 4.40. The van der Waals surface area contributed by atoms with Gasteiger partial charge in [0.15, 0.2) is 0 Å². The number of carbonyl (C=O) groups excluding carboxylic acids is 1. The summed E-state index contributed by atoms with van der Waals surface area (Å²) in [4.78, 5) is 15.9. The summed E-state index contributed by atoms with van der Waals surface area (Å²) in [6.07, 6.45) is 5.24. The molecule has 3 N–H and O–H groups in total. The first-order valence-corrected chi connectivity index (χ1v) is 8.13. The molecule has 0 aliphatic heterocycles. The van der Waals surface area contributed by atoms with Crippen molar-refractivity contribution in [1.29, 1.82) is 0 Å². The molecule has 4 nitrogen and oxygen atoms in total. The third kappa shape index (κ3) is 3.59. The van der Waals surface area contributed by atoms with E-state index in [1.807, 2.05) is 6.07 Å². The molecular weight excluding hydrogens is 270 g/mol. The van der Waals surface area contributed by atoms with Gasteiger partial charge >= 0.3 is 0 Å². The maximum absolute atomic E-state index is 11.6. The SMILES string of the molecule is Cc1sc(C(=O)NN)cc1CN(C)C1CCC(C)CC1. The van der Waals surface area contributed by atoms with Crippen molar-refractivity contribution in [2.45, 2.75) is 52.1 Å². The van der Waals surface area contributed by atoms with Crippen LogP contribution in [0.2, 0.25) is 0 Å². The number of nitrogens with two attached hydrogens (primary N) is 1. The zero-order chi connectivity index (χ0) is 14.7. The smallest absolute Gasteiger partial charge is 0.275 e. The van der Waals surface area contributed by atoms with Gasteiger partial charge in [0.05, 0.1) is 4.88 Å². The van der Waals surface area contributed by atoms with E-state index < -0.39 is 0 Å². The van der Waals surface area contributed by atoms with E-state index in [0.717, 1.165) is 12.5 Å². The van der Waals surface area contributed by atoms with Crippen LogP contribution < -0.4 is 11.3 Å². The van der Waals surface area contributed by atoms with Crippen molar-refractivity contribution in [3.8, 4) is 0 Å². The predicted molar refractivity (Wildman–Crippen MR) is 83.6 cm³/mol. The highest BCUT2D eigenvalue weighted by molar-refractivity contribution is 7.14. The lowest BCUT2D eigenvalue weighted by atomic mass is 9.86. The van der Waals surface area contributed by atoms with Crippen LogP contribution in [0.1, 0.15) is 52.7 Å². The molecule has 0 saturated heterocycles. The number of aryl methyl sites for hydroxylation is 1. The number of carbonyl (C=O) groups is 1. The highest BCUT2D eigenvalue weighted by Gasteiger charge is 2.22. The van der Waals surface area contributed by atoms with Crippen LogP contribution in [0.4, 0.5) is 0 Å². The summed E-state index contributed by atoms with van der Waals surface area (Å²) in [7, 11) is 2.19. The second-order valence-corrected chi connectivity index (χ2v) is 7.25. The molecule has 1 heterocycles. The number of nitrogens with zero attached hydrogens (tertiary/aromatic N) is 1. The number of amides is 1.